The number of hydrogen-bond donors (Lipinski definition) is 2. The van der Waals surface area contributed by atoms with Gasteiger partial charge in [0.15, 0.2) is 4.90 Å². The van der Waals surface area contributed by atoms with Crippen LogP contribution in [0.4, 0.5) is 11.4 Å². The molecule has 0 atom stereocenters. The minimum absolute atomic E-state index is 0.0937. The third-order valence-electron chi connectivity index (χ3n) is 2.25. The van der Waals surface area contributed by atoms with Crippen molar-refractivity contribution in [3.8, 4) is 0 Å². The van der Waals surface area contributed by atoms with E-state index in [0.717, 1.165) is 6.07 Å². The smallest absolute Gasteiger partial charge is 0.312 e. The molecule has 8 nitrogen and oxygen atoms in total. The summed E-state index contributed by atoms with van der Waals surface area (Å²) in [5.74, 6) is 0. The number of ether oxygens (including phenoxy) is 1. The number of nitrogens with one attached hydrogen (secondary N) is 1. The van der Waals surface area contributed by atoms with Gasteiger partial charge in [-0.1, -0.05) is 6.07 Å². The molecule has 0 radical (unpaired) electrons. The zero-order chi connectivity index (χ0) is 14.5. The highest BCUT2D eigenvalue weighted by Crippen LogP contribution is 2.30. The summed E-state index contributed by atoms with van der Waals surface area (Å²) in [7, 11) is -4.15. The fourth-order valence-electron chi connectivity index (χ4n) is 1.49. The van der Waals surface area contributed by atoms with E-state index in [1.54, 1.807) is 0 Å². The largest absolute Gasteiger partial charge is 0.380 e. The van der Waals surface area contributed by atoms with Crippen molar-refractivity contribution >= 4 is 21.4 Å². The molecule has 0 spiro atoms. The van der Waals surface area contributed by atoms with Crippen molar-refractivity contribution in [2.24, 2.45) is 5.14 Å². The Balaban J connectivity index is 3.08. The zero-order valence-corrected chi connectivity index (χ0v) is 11.1. The van der Waals surface area contributed by atoms with E-state index < -0.39 is 25.5 Å². The van der Waals surface area contributed by atoms with E-state index in [1.807, 2.05) is 6.92 Å². The fraction of sp³-hybridized carbons (Fsp3) is 0.400. The van der Waals surface area contributed by atoms with E-state index in [0.29, 0.717) is 19.8 Å². The number of para-hydroxylation sites is 1. The first-order valence-corrected chi connectivity index (χ1v) is 7.04. The molecule has 1 aromatic rings. The molecule has 0 aliphatic carbocycles. The molecule has 0 heterocycles. The summed E-state index contributed by atoms with van der Waals surface area (Å²) in [6.07, 6.45) is 0. The van der Waals surface area contributed by atoms with Crippen LogP contribution >= 0.6 is 0 Å². The summed E-state index contributed by atoms with van der Waals surface area (Å²) >= 11 is 0. The molecule has 0 aliphatic rings. The van der Waals surface area contributed by atoms with Crippen molar-refractivity contribution in [2.75, 3.05) is 25.1 Å². The van der Waals surface area contributed by atoms with Gasteiger partial charge in [0.1, 0.15) is 5.69 Å². The van der Waals surface area contributed by atoms with Crippen LogP contribution in [0.15, 0.2) is 23.1 Å². The van der Waals surface area contributed by atoms with Crippen LogP contribution in [-0.2, 0) is 14.8 Å². The van der Waals surface area contributed by atoms with Gasteiger partial charge >= 0.3 is 5.69 Å². The normalized spacial score (nSPS) is 11.3. The summed E-state index contributed by atoms with van der Waals surface area (Å²) in [4.78, 5) is 9.70. The van der Waals surface area contributed by atoms with Gasteiger partial charge in [0.05, 0.1) is 11.5 Å². The third-order valence-corrected chi connectivity index (χ3v) is 3.20. The molecular formula is C10H15N3O5S. The van der Waals surface area contributed by atoms with Gasteiger partial charge in [0, 0.05) is 13.2 Å². The van der Waals surface area contributed by atoms with Crippen LogP contribution in [0, 0.1) is 10.1 Å². The van der Waals surface area contributed by atoms with Gasteiger partial charge in [0.25, 0.3) is 0 Å². The van der Waals surface area contributed by atoms with Crippen LogP contribution in [0.2, 0.25) is 0 Å². The van der Waals surface area contributed by atoms with Crippen LogP contribution in [0.1, 0.15) is 6.92 Å². The van der Waals surface area contributed by atoms with Crippen LogP contribution in [0.3, 0.4) is 0 Å². The molecule has 3 N–H and O–H groups in total. The van der Waals surface area contributed by atoms with Gasteiger partial charge in [-0.05, 0) is 19.1 Å². The Bertz CT molecular complexity index is 558. The maximum Gasteiger partial charge on any atom is 0.312 e. The fourth-order valence-corrected chi connectivity index (χ4v) is 2.21. The van der Waals surface area contributed by atoms with E-state index in [2.05, 4.69) is 5.32 Å². The molecule has 0 aliphatic heterocycles. The summed E-state index contributed by atoms with van der Waals surface area (Å²) in [6, 6.07) is 3.90. The van der Waals surface area contributed by atoms with Crippen LogP contribution in [0.5, 0.6) is 0 Å². The minimum Gasteiger partial charge on any atom is -0.380 e. The van der Waals surface area contributed by atoms with E-state index >= 15 is 0 Å². The maximum absolute atomic E-state index is 11.3. The second-order valence-electron chi connectivity index (χ2n) is 3.58. The Morgan fingerprint density at radius 1 is 1.47 bits per heavy atom. The van der Waals surface area contributed by atoms with Crippen molar-refractivity contribution in [1.82, 2.24) is 0 Å². The van der Waals surface area contributed by atoms with Gasteiger partial charge in [-0.15, -0.1) is 0 Å². The minimum atomic E-state index is -4.15. The maximum atomic E-state index is 11.3. The van der Waals surface area contributed by atoms with E-state index in [-0.39, 0.29) is 5.69 Å². The lowest BCUT2D eigenvalue weighted by Crippen LogP contribution is -2.16. The number of nitro benzene ring substituents is 1. The SMILES string of the molecule is CCOCCNc1cccc(S(N)(=O)=O)c1[N+](=O)[O-]. The van der Waals surface area contributed by atoms with Crippen LogP contribution in [-0.4, -0.2) is 33.1 Å². The number of nitro groups is 1. The number of sulfonamides is 1. The Kier molecular flexibility index (Phi) is 5.21. The molecule has 0 bridgehead atoms. The molecular weight excluding hydrogens is 274 g/mol. The summed E-state index contributed by atoms with van der Waals surface area (Å²) < 4.78 is 27.7. The van der Waals surface area contributed by atoms with Crippen molar-refractivity contribution < 1.29 is 18.1 Å². The van der Waals surface area contributed by atoms with Gasteiger partial charge in [0.2, 0.25) is 10.0 Å². The average Bonchev–Trinajstić information content (AvgIpc) is 2.33. The molecule has 106 valence electrons. The molecule has 0 amide bonds. The van der Waals surface area contributed by atoms with Crippen molar-refractivity contribution in [3.63, 3.8) is 0 Å². The molecule has 9 heteroatoms. The summed E-state index contributed by atoms with van der Waals surface area (Å²) in [5.41, 5.74) is -0.460. The highest BCUT2D eigenvalue weighted by molar-refractivity contribution is 7.89. The molecule has 0 saturated heterocycles. The zero-order valence-electron chi connectivity index (χ0n) is 10.3. The first-order chi connectivity index (χ1) is 8.88. The number of primary sulfonamides is 1. The van der Waals surface area contributed by atoms with Crippen molar-refractivity contribution in [2.45, 2.75) is 11.8 Å². The van der Waals surface area contributed by atoms with Gasteiger partial charge < -0.3 is 10.1 Å². The predicted octanol–water partition coefficient (Wildman–Crippen LogP) is 0.691. The van der Waals surface area contributed by atoms with Crippen LogP contribution in [0.25, 0.3) is 0 Å². The van der Waals surface area contributed by atoms with Gasteiger partial charge in [-0.25, -0.2) is 13.6 Å². The monoisotopic (exact) mass is 289 g/mol. The molecule has 0 fully saturated rings. The van der Waals surface area contributed by atoms with E-state index in [1.165, 1.54) is 12.1 Å². The highest BCUT2D eigenvalue weighted by Gasteiger charge is 2.26. The Hall–Kier alpha value is -1.71. The molecule has 19 heavy (non-hydrogen) atoms. The third kappa shape index (κ3) is 4.16. The second-order valence-corrected chi connectivity index (χ2v) is 5.11. The molecule has 0 saturated carbocycles. The summed E-state index contributed by atoms with van der Waals surface area (Å²) in [5, 5.41) is 18.7. The number of hydrogen-bond acceptors (Lipinski definition) is 6. The van der Waals surface area contributed by atoms with Crippen molar-refractivity contribution in [1.29, 1.82) is 0 Å². The van der Waals surface area contributed by atoms with E-state index in [4.69, 9.17) is 9.88 Å². The Morgan fingerprint density at radius 3 is 2.68 bits per heavy atom. The molecule has 1 rings (SSSR count). The summed E-state index contributed by atoms with van der Waals surface area (Å²) in [6.45, 7) is 3.03. The molecule has 0 aromatic heterocycles. The first kappa shape index (κ1) is 15.3. The average molecular weight is 289 g/mol. The number of benzene rings is 1. The molecule has 1 aromatic carbocycles. The lowest BCUT2D eigenvalue weighted by Gasteiger charge is -2.09. The predicted molar refractivity (Wildman–Crippen MR) is 69.5 cm³/mol. The lowest BCUT2D eigenvalue weighted by molar-refractivity contribution is -0.386. The number of nitrogens with two attached hydrogens (primary N) is 1. The lowest BCUT2D eigenvalue weighted by atomic mass is 10.2. The first-order valence-electron chi connectivity index (χ1n) is 5.49. The van der Waals surface area contributed by atoms with E-state index in [9.17, 15) is 18.5 Å². The molecule has 0 unspecified atom stereocenters. The van der Waals surface area contributed by atoms with Crippen molar-refractivity contribution in [3.05, 3.63) is 28.3 Å². The number of rotatable bonds is 7. The van der Waals surface area contributed by atoms with Gasteiger partial charge in [-0.3, -0.25) is 10.1 Å². The Labute approximate surface area is 110 Å². The standard InChI is InChI=1S/C10H15N3O5S/c1-2-18-7-6-12-8-4-3-5-9(19(11,16)17)10(8)13(14)15/h3-5,12H,2,6-7H2,1H3,(H2,11,16,17). The van der Waals surface area contributed by atoms with Crippen LogP contribution < -0.4 is 10.5 Å². The highest BCUT2D eigenvalue weighted by atomic mass is 32.2. The Morgan fingerprint density at radius 2 is 2.16 bits per heavy atom. The quantitative estimate of drug-likeness (QED) is 0.432. The topological polar surface area (TPSA) is 125 Å². The number of anilines is 1. The number of nitrogens with zero attached hydrogens (tertiary/aromatic N) is 1. The van der Waals surface area contributed by atoms with Gasteiger partial charge in [-0.2, -0.15) is 0 Å². The second kappa shape index (κ2) is 6.45.